The molecule has 0 bridgehead atoms. The normalized spacial score (nSPS) is 10.5. The summed E-state index contributed by atoms with van der Waals surface area (Å²) in [5, 5.41) is 10.1. The van der Waals surface area contributed by atoms with Crippen LogP contribution in [0.2, 0.25) is 0 Å². The van der Waals surface area contributed by atoms with Gasteiger partial charge in [0.2, 0.25) is 0 Å². The predicted molar refractivity (Wildman–Crippen MR) is 87.2 cm³/mol. The summed E-state index contributed by atoms with van der Waals surface area (Å²) < 4.78 is 15.3. The van der Waals surface area contributed by atoms with Crippen LogP contribution in [0.4, 0.5) is 4.79 Å². The molecular formula is C18H14O6. The fourth-order valence-corrected chi connectivity index (χ4v) is 2.29. The molecule has 1 aromatic heterocycles. The highest BCUT2D eigenvalue weighted by atomic mass is 16.7. The van der Waals surface area contributed by atoms with Crippen LogP contribution >= 0.6 is 0 Å². The molecule has 0 aliphatic carbocycles. The molecule has 3 rings (SSSR count). The Kier molecular flexibility index (Phi) is 4.20. The number of hydrogen-bond acceptors (Lipinski definition) is 6. The highest BCUT2D eigenvalue weighted by molar-refractivity contribution is 5.86. The summed E-state index contributed by atoms with van der Waals surface area (Å²) in [6.45, 7) is 1.80. The first-order valence-electron chi connectivity index (χ1n) is 7.29. The molecule has 3 aromatic rings. The van der Waals surface area contributed by atoms with Crippen molar-refractivity contribution in [1.29, 1.82) is 0 Å². The van der Waals surface area contributed by atoms with E-state index in [2.05, 4.69) is 4.74 Å². The SMILES string of the molecule is CCOC(=O)Oc1cc(O)c2c(=O)cc(-c3ccccc3)oc2c1. The van der Waals surface area contributed by atoms with E-state index in [1.54, 1.807) is 19.1 Å². The second kappa shape index (κ2) is 6.45. The van der Waals surface area contributed by atoms with E-state index in [0.29, 0.717) is 11.3 Å². The van der Waals surface area contributed by atoms with Crippen LogP contribution in [0.15, 0.2) is 57.7 Å². The highest BCUT2D eigenvalue weighted by Gasteiger charge is 2.14. The van der Waals surface area contributed by atoms with Crippen LogP contribution in [0.5, 0.6) is 11.5 Å². The molecule has 0 spiro atoms. The van der Waals surface area contributed by atoms with Crippen molar-refractivity contribution in [2.24, 2.45) is 0 Å². The fraction of sp³-hybridized carbons (Fsp3) is 0.111. The van der Waals surface area contributed by atoms with Gasteiger partial charge in [-0.2, -0.15) is 0 Å². The Labute approximate surface area is 136 Å². The van der Waals surface area contributed by atoms with Gasteiger partial charge in [-0.1, -0.05) is 30.3 Å². The predicted octanol–water partition coefficient (Wildman–Crippen LogP) is 3.70. The number of phenols is 1. The Morgan fingerprint density at radius 2 is 1.92 bits per heavy atom. The Morgan fingerprint density at radius 1 is 1.17 bits per heavy atom. The second-order valence-electron chi connectivity index (χ2n) is 4.94. The van der Waals surface area contributed by atoms with Gasteiger partial charge in [0.1, 0.15) is 28.2 Å². The number of fused-ring (bicyclic) bond motifs is 1. The number of carbonyl (C=O) groups is 1. The Hall–Kier alpha value is -3.28. The van der Waals surface area contributed by atoms with Crippen molar-refractivity contribution >= 4 is 17.1 Å². The van der Waals surface area contributed by atoms with Crippen LogP contribution in [-0.4, -0.2) is 17.9 Å². The van der Waals surface area contributed by atoms with Gasteiger partial charge in [-0.15, -0.1) is 0 Å². The lowest BCUT2D eigenvalue weighted by Crippen LogP contribution is -2.10. The van der Waals surface area contributed by atoms with E-state index < -0.39 is 11.6 Å². The van der Waals surface area contributed by atoms with Crippen LogP contribution in [0.25, 0.3) is 22.3 Å². The van der Waals surface area contributed by atoms with Crippen LogP contribution in [-0.2, 0) is 4.74 Å². The van der Waals surface area contributed by atoms with Gasteiger partial charge < -0.3 is 19.0 Å². The van der Waals surface area contributed by atoms with Crippen molar-refractivity contribution < 1.29 is 23.8 Å². The fourth-order valence-electron chi connectivity index (χ4n) is 2.29. The molecular weight excluding hydrogens is 312 g/mol. The molecule has 0 saturated heterocycles. The molecule has 1 heterocycles. The van der Waals surface area contributed by atoms with Gasteiger partial charge in [-0.25, -0.2) is 4.79 Å². The van der Waals surface area contributed by atoms with Gasteiger partial charge in [0.05, 0.1) is 6.61 Å². The summed E-state index contributed by atoms with van der Waals surface area (Å²) >= 11 is 0. The minimum atomic E-state index is -0.905. The van der Waals surface area contributed by atoms with E-state index in [-0.39, 0.29) is 29.1 Å². The zero-order valence-corrected chi connectivity index (χ0v) is 12.8. The van der Waals surface area contributed by atoms with Crippen LogP contribution in [0, 0.1) is 0 Å². The minimum absolute atomic E-state index is 0.0193. The molecule has 24 heavy (non-hydrogen) atoms. The third-order valence-corrected chi connectivity index (χ3v) is 3.31. The molecule has 0 radical (unpaired) electrons. The average Bonchev–Trinajstić information content (AvgIpc) is 2.55. The van der Waals surface area contributed by atoms with E-state index in [9.17, 15) is 14.7 Å². The molecule has 0 unspecified atom stereocenters. The lowest BCUT2D eigenvalue weighted by Gasteiger charge is -2.08. The average molecular weight is 326 g/mol. The Morgan fingerprint density at radius 3 is 2.62 bits per heavy atom. The number of phenolic OH excluding ortho intramolecular Hbond substituents is 1. The molecule has 122 valence electrons. The molecule has 0 aliphatic heterocycles. The lowest BCUT2D eigenvalue weighted by molar-refractivity contribution is 0.104. The Balaban J connectivity index is 2.11. The summed E-state index contributed by atoms with van der Waals surface area (Å²) in [6.07, 6.45) is -0.905. The van der Waals surface area contributed by atoms with Crippen LogP contribution in [0.3, 0.4) is 0 Å². The zero-order chi connectivity index (χ0) is 17.1. The number of aromatic hydroxyl groups is 1. The highest BCUT2D eigenvalue weighted by Crippen LogP contribution is 2.31. The third-order valence-electron chi connectivity index (χ3n) is 3.31. The molecule has 0 aliphatic rings. The van der Waals surface area contributed by atoms with Gasteiger partial charge in [-0.3, -0.25) is 4.79 Å². The van der Waals surface area contributed by atoms with E-state index in [1.807, 2.05) is 18.2 Å². The summed E-state index contributed by atoms with van der Waals surface area (Å²) in [5.41, 5.74) is 0.434. The monoisotopic (exact) mass is 326 g/mol. The van der Waals surface area contributed by atoms with E-state index in [4.69, 9.17) is 9.15 Å². The number of rotatable bonds is 3. The molecule has 0 atom stereocenters. The number of ether oxygens (including phenoxy) is 2. The van der Waals surface area contributed by atoms with Gasteiger partial charge >= 0.3 is 6.16 Å². The first kappa shape index (κ1) is 15.6. The maximum atomic E-state index is 12.3. The number of carbonyl (C=O) groups excluding carboxylic acids is 1. The van der Waals surface area contributed by atoms with Crippen molar-refractivity contribution in [3.05, 3.63) is 58.8 Å². The number of hydrogen-bond donors (Lipinski definition) is 1. The first-order valence-corrected chi connectivity index (χ1v) is 7.29. The molecule has 2 aromatic carbocycles. The first-order chi connectivity index (χ1) is 11.6. The topological polar surface area (TPSA) is 86.0 Å². The summed E-state index contributed by atoms with van der Waals surface area (Å²) in [5.74, 6) is 0.0350. The van der Waals surface area contributed by atoms with Gasteiger partial charge in [-0.05, 0) is 6.92 Å². The molecule has 6 nitrogen and oxygen atoms in total. The molecule has 0 amide bonds. The Bertz CT molecular complexity index is 943. The van der Waals surface area contributed by atoms with Crippen LogP contribution < -0.4 is 10.2 Å². The lowest BCUT2D eigenvalue weighted by atomic mass is 10.1. The van der Waals surface area contributed by atoms with E-state index in [1.165, 1.54) is 18.2 Å². The van der Waals surface area contributed by atoms with Gasteiger partial charge in [0.25, 0.3) is 0 Å². The standard InChI is InChI=1S/C18H14O6/c1-2-22-18(21)23-12-8-13(19)17-14(20)10-15(24-16(17)9-12)11-6-4-3-5-7-11/h3-10,19H,2H2,1H3. The van der Waals surface area contributed by atoms with Crippen molar-refractivity contribution in [2.75, 3.05) is 6.61 Å². The van der Waals surface area contributed by atoms with E-state index >= 15 is 0 Å². The van der Waals surface area contributed by atoms with E-state index in [0.717, 1.165) is 0 Å². The van der Waals surface area contributed by atoms with Gasteiger partial charge in [0.15, 0.2) is 5.43 Å². The second-order valence-corrected chi connectivity index (χ2v) is 4.94. The maximum Gasteiger partial charge on any atom is 0.513 e. The maximum absolute atomic E-state index is 12.3. The smallest absolute Gasteiger partial charge is 0.507 e. The molecule has 1 N–H and O–H groups in total. The molecule has 0 fully saturated rings. The molecule has 6 heteroatoms. The quantitative estimate of drug-likeness (QED) is 0.583. The van der Waals surface area contributed by atoms with Crippen molar-refractivity contribution in [3.8, 4) is 22.8 Å². The summed E-state index contributed by atoms with van der Waals surface area (Å²) in [7, 11) is 0. The molecule has 0 saturated carbocycles. The minimum Gasteiger partial charge on any atom is -0.507 e. The third kappa shape index (κ3) is 3.08. The van der Waals surface area contributed by atoms with Crippen molar-refractivity contribution in [3.63, 3.8) is 0 Å². The summed E-state index contributed by atoms with van der Waals surface area (Å²) in [4.78, 5) is 23.7. The van der Waals surface area contributed by atoms with Crippen LogP contribution in [0.1, 0.15) is 6.92 Å². The van der Waals surface area contributed by atoms with Gasteiger partial charge in [0, 0.05) is 23.8 Å². The zero-order valence-electron chi connectivity index (χ0n) is 12.8. The van der Waals surface area contributed by atoms with Crippen molar-refractivity contribution in [1.82, 2.24) is 0 Å². The summed E-state index contributed by atoms with van der Waals surface area (Å²) in [6, 6.07) is 12.9. The van der Waals surface area contributed by atoms with Crippen molar-refractivity contribution in [2.45, 2.75) is 6.92 Å². The largest absolute Gasteiger partial charge is 0.513 e. The number of benzene rings is 2.